The van der Waals surface area contributed by atoms with Crippen molar-refractivity contribution in [1.29, 1.82) is 5.26 Å². The molecule has 43 heavy (non-hydrogen) atoms. The third kappa shape index (κ3) is 3.71. The van der Waals surface area contributed by atoms with E-state index in [0.717, 1.165) is 36.2 Å². The van der Waals surface area contributed by atoms with Crippen molar-refractivity contribution < 1.29 is 19.0 Å². The van der Waals surface area contributed by atoms with Crippen molar-refractivity contribution in [3.8, 4) is 6.07 Å². The van der Waals surface area contributed by atoms with Gasteiger partial charge in [0.15, 0.2) is 6.29 Å². The van der Waals surface area contributed by atoms with Crippen LogP contribution in [0.1, 0.15) is 65.5 Å². The standard InChI is InChI=1S/C33H29ClFN5O3/c1-43-31(41)19-8-10-25-24(14-19)37-30-27-26(11-12-39(25)30)40(16-17-5-6-17)33(28(27)20-3-2-4-22(34)29(20)35)21-9-7-18(15-36)13-23(21)38-32(33)42/h2-4,7-10,13-14,17,26-28,31,41H,5-6,11-12,16H2,1H3,(H,38,42)/t26-,27+,28-,31?,33+/m0/s1. The molecule has 1 aliphatic carbocycles. The second-order valence-electron chi connectivity index (χ2n) is 12.1. The van der Waals surface area contributed by atoms with Gasteiger partial charge in [-0.3, -0.25) is 9.69 Å². The number of halogens is 2. The van der Waals surface area contributed by atoms with Crippen LogP contribution in [0.2, 0.25) is 5.02 Å². The molecule has 1 saturated heterocycles. The van der Waals surface area contributed by atoms with Gasteiger partial charge in [0.05, 0.1) is 27.7 Å². The molecule has 5 atom stereocenters. The zero-order valence-electron chi connectivity index (χ0n) is 23.4. The highest BCUT2D eigenvalue weighted by Gasteiger charge is 2.69. The number of nitriles is 1. The summed E-state index contributed by atoms with van der Waals surface area (Å²) in [7, 11) is 1.44. The number of benzene rings is 3. The highest BCUT2D eigenvalue weighted by molar-refractivity contribution is 6.30. The maximum absolute atomic E-state index is 16.2. The zero-order valence-corrected chi connectivity index (χ0v) is 24.2. The summed E-state index contributed by atoms with van der Waals surface area (Å²) in [5.74, 6) is -0.499. The van der Waals surface area contributed by atoms with Crippen LogP contribution >= 0.6 is 11.6 Å². The molecule has 2 N–H and O–H groups in total. The van der Waals surface area contributed by atoms with Crippen LogP contribution in [-0.4, -0.2) is 45.2 Å². The van der Waals surface area contributed by atoms with Crippen LogP contribution in [0.5, 0.6) is 0 Å². The van der Waals surface area contributed by atoms with Gasteiger partial charge < -0.3 is 19.7 Å². The molecule has 1 saturated carbocycles. The lowest BCUT2D eigenvalue weighted by atomic mass is 9.70. The first-order chi connectivity index (χ1) is 20.9. The molecule has 1 spiro atoms. The highest BCUT2D eigenvalue weighted by atomic mass is 35.5. The molecule has 4 aliphatic rings. The molecule has 1 amide bonds. The number of aromatic nitrogens is 2. The smallest absolute Gasteiger partial charge is 0.250 e. The zero-order chi connectivity index (χ0) is 29.6. The number of rotatable bonds is 5. The lowest BCUT2D eigenvalue weighted by Crippen LogP contribution is -2.53. The molecular weight excluding hydrogens is 569 g/mol. The van der Waals surface area contributed by atoms with Crippen LogP contribution in [0.3, 0.4) is 0 Å². The Kier molecular flexibility index (Phi) is 5.98. The van der Waals surface area contributed by atoms with Crippen molar-refractivity contribution in [2.45, 2.75) is 55.5 Å². The number of anilines is 1. The summed E-state index contributed by atoms with van der Waals surface area (Å²) in [5, 5.41) is 23.0. The number of hydrogen-bond donors (Lipinski definition) is 2. The van der Waals surface area contributed by atoms with E-state index in [1.807, 2.05) is 24.3 Å². The molecular formula is C33H29ClFN5O3. The van der Waals surface area contributed by atoms with Crippen molar-refractivity contribution in [2.75, 3.05) is 19.0 Å². The van der Waals surface area contributed by atoms with Gasteiger partial charge in [0, 0.05) is 54.9 Å². The van der Waals surface area contributed by atoms with Crippen molar-refractivity contribution in [2.24, 2.45) is 5.92 Å². The highest BCUT2D eigenvalue weighted by Crippen LogP contribution is 2.64. The maximum atomic E-state index is 16.2. The third-order valence-electron chi connectivity index (χ3n) is 9.96. The Hall–Kier alpha value is -3.81. The summed E-state index contributed by atoms with van der Waals surface area (Å²) < 4.78 is 23.5. The monoisotopic (exact) mass is 597 g/mol. The van der Waals surface area contributed by atoms with E-state index in [1.165, 1.54) is 13.2 Å². The lowest BCUT2D eigenvalue weighted by Gasteiger charge is -2.40. The van der Waals surface area contributed by atoms with Crippen molar-refractivity contribution in [3.05, 3.63) is 93.5 Å². The first kappa shape index (κ1) is 26.8. The SMILES string of the molecule is COC(O)c1ccc2c(c1)nc1n2CC[C@H]2[C@@H]1[C@H](c1cccc(Cl)c1F)[C@]1(C(=O)Nc3cc(C#N)ccc31)N2CC1CC1. The van der Waals surface area contributed by atoms with E-state index in [-0.39, 0.29) is 22.9 Å². The van der Waals surface area contributed by atoms with Crippen LogP contribution in [0.4, 0.5) is 10.1 Å². The molecule has 3 aromatic carbocycles. The molecule has 218 valence electrons. The molecule has 10 heteroatoms. The summed E-state index contributed by atoms with van der Waals surface area (Å²) >= 11 is 6.41. The van der Waals surface area contributed by atoms with Gasteiger partial charge in [-0.25, -0.2) is 9.37 Å². The predicted octanol–water partition coefficient (Wildman–Crippen LogP) is 5.55. The molecule has 0 bridgehead atoms. The number of imidazole rings is 1. The number of hydrogen-bond acceptors (Lipinski definition) is 6. The Balaban J connectivity index is 1.41. The topological polar surface area (TPSA) is 103 Å². The quantitative estimate of drug-likeness (QED) is 0.292. The number of ether oxygens (including phenoxy) is 1. The number of likely N-dealkylation sites (tertiary alicyclic amines) is 1. The van der Waals surface area contributed by atoms with E-state index in [4.69, 9.17) is 21.3 Å². The number of amides is 1. The number of nitrogens with one attached hydrogen (secondary N) is 1. The summed E-state index contributed by atoms with van der Waals surface area (Å²) in [6.07, 6.45) is 1.85. The van der Waals surface area contributed by atoms with E-state index < -0.39 is 23.6 Å². The number of fused-ring (bicyclic) bond motifs is 7. The predicted molar refractivity (Wildman–Crippen MR) is 158 cm³/mol. The summed E-state index contributed by atoms with van der Waals surface area (Å²) in [5.41, 5.74) is 3.15. The van der Waals surface area contributed by atoms with E-state index in [0.29, 0.717) is 46.9 Å². The fourth-order valence-corrected chi connectivity index (χ4v) is 8.18. The first-order valence-electron chi connectivity index (χ1n) is 14.6. The molecule has 2 fully saturated rings. The Bertz CT molecular complexity index is 1870. The Morgan fingerprint density at radius 2 is 2.07 bits per heavy atom. The maximum Gasteiger partial charge on any atom is 0.250 e. The van der Waals surface area contributed by atoms with Gasteiger partial charge in [0.1, 0.15) is 17.2 Å². The van der Waals surface area contributed by atoms with Crippen molar-refractivity contribution in [1.82, 2.24) is 14.5 Å². The largest absolute Gasteiger partial charge is 0.364 e. The van der Waals surface area contributed by atoms with Gasteiger partial charge in [-0.05, 0) is 61.1 Å². The van der Waals surface area contributed by atoms with Gasteiger partial charge in [-0.1, -0.05) is 35.9 Å². The summed E-state index contributed by atoms with van der Waals surface area (Å²) in [6, 6.07) is 18.0. The van der Waals surface area contributed by atoms with Crippen LogP contribution in [-0.2, 0) is 21.6 Å². The second kappa shape index (κ2) is 9.60. The normalized spacial score (nSPS) is 26.7. The molecule has 8 rings (SSSR count). The minimum Gasteiger partial charge on any atom is -0.364 e. The van der Waals surface area contributed by atoms with Crippen LogP contribution in [0, 0.1) is 23.1 Å². The Morgan fingerprint density at radius 3 is 2.84 bits per heavy atom. The Morgan fingerprint density at radius 1 is 1.23 bits per heavy atom. The number of aryl methyl sites for hydroxylation is 1. The van der Waals surface area contributed by atoms with Crippen LogP contribution in [0.15, 0.2) is 54.6 Å². The minimum atomic E-state index is -1.22. The number of aliphatic hydroxyl groups excluding tert-OH is 1. The Labute approximate surface area is 252 Å². The number of carbonyl (C=O) groups is 1. The molecule has 3 aliphatic heterocycles. The second-order valence-corrected chi connectivity index (χ2v) is 12.6. The molecule has 8 nitrogen and oxygen atoms in total. The third-order valence-corrected chi connectivity index (χ3v) is 10.2. The van der Waals surface area contributed by atoms with Gasteiger partial charge in [0.2, 0.25) is 5.91 Å². The fourth-order valence-electron chi connectivity index (χ4n) is 8.00. The number of nitrogens with zero attached hydrogens (tertiary/aromatic N) is 4. The average molecular weight is 598 g/mol. The summed E-state index contributed by atoms with van der Waals surface area (Å²) in [4.78, 5) is 22.0. The number of carbonyl (C=O) groups excluding carboxylic acids is 1. The van der Waals surface area contributed by atoms with Crippen molar-refractivity contribution >= 4 is 34.2 Å². The van der Waals surface area contributed by atoms with Gasteiger partial charge in [0.25, 0.3) is 0 Å². The molecule has 4 heterocycles. The molecule has 0 radical (unpaired) electrons. The van der Waals surface area contributed by atoms with E-state index in [9.17, 15) is 15.2 Å². The summed E-state index contributed by atoms with van der Waals surface area (Å²) in [6.45, 7) is 1.39. The van der Waals surface area contributed by atoms with E-state index in [1.54, 1.807) is 24.3 Å². The molecule has 1 aromatic heterocycles. The fraction of sp³-hybridized carbons (Fsp3) is 0.364. The minimum absolute atomic E-state index is 0.00538. The van der Waals surface area contributed by atoms with Gasteiger partial charge in [-0.15, -0.1) is 0 Å². The van der Waals surface area contributed by atoms with Gasteiger partial charge >= 0.3 is 0 Å². The average Bonchev–Trinajstić information content (AvgIpc) is 3.60. The van der Waals surface area contributed by atoms with E-state index in [2.05, 4.69) is 20.9 Å². The van der Waals surface area contributed by atoms with Crippen LogP contribution in [0.25, 0.3) is 11.0 Å². The van der Waals surface area contributed by atoms with E-state index >= 15 is 4.39 Å². The number of aliphatic hydroxyl groups is 1. The van der Waals surface area contributed by atoms with Crippen LogP contribution < -0.4 is 5.32 Å². The first-order valence-corrected chi connectivity index (χ1v) is 15.0. The molecule has 1 unspecified atom stereocenters. The van der Waals surface area contributed by atoms with Gasteiger partial charge in [-0.2, -0.15) is 5.26 Å². The molecule has 4 aromatic rings. The van der Waals surface area contributed by atoms with Crippen molar-refractivity contribution in [3.63, 3.8) is 0 Å². The lowest BCUT2D eigenvalue weighted by molar-refractivity contribution is -0.128. The number of methoxy groups -OCH3 is 1.